The normalized spacial score (nSPS) is 19.8. The lowest BCUT2D eigenvalue weighted by atomic mass is 9.87. The molecule has 3 N–H and O–H groups in total. The number of aliphatic carboxylic acids is 1. The van der Waals surface area contributed by atoms with E-state index in [9.17, 15) is 4.79 Å². The van der Waals surface area contributed by atoms with Crippen LogP contribution < -0.4 is 5.73 Å². The van der Waals surface area contributed by atoms with E-state index in [0.29, 0.717) is 5.41 Å². The lowest BCUT2D eigenvalue weighted by Gasteiger charge is -2.19. The van der Waals surface area contributed by atoms with E-state index in [4.69, 9.17) is 10.8 Å². The summed E-state index contributed by atoms with van der Waals surface area (Å²) in [6.07, 6.45) is 6.87. The summed E-state index contributed by atoms with van der Waals surface area (Å²) in [6.45, 7) is 4.75. The Bertz CT molecular complexity index is 234. The standard InChI is InChI=1S/C13H25NO2/c1-10(2)4-3-5-13(6-7-13)8-11(9-14)12(15)16/h10-11H,3-9,14H2,1-2H3,(H,15,16). The van der Waals surface area contributed by atoms with Gasteiger partial charge in [-0.15, -0.1) is 0 Å². The quantitative estimate of drug-likeness (QED) is 0.670. The largest absolute Gasteiger partial charge is 0.481 e. The first-order valence-corrected chi connectivity index (χ1v) is 6.42. The van der Waals surface area contributed by atoms with Gasteiger partial charge in [0.15, 0.2) is 0 Å². The molecule has 0 spiro atoms. The van der Waals surface area contributed by atoms with E-state index in [1.165, 1.54) is 32.1 Å². The first-order valence-electron chi connectivity index (χ1n) is 6.42. The fraction of sp³-hybridized carbons (Fsp3) is 0.923. The van der Waals surface area contributed by atoms with Crippen molar-refractivity contribution in [3.8, 4) is 0 Å². The smallest absolute Gasteiger partial charge is 0.307 e. The van der Waals surface area contributed by atoms with Gasteiger partial charge in [0.25, 0.3) is 0 Å². The zero-order chi connectivity index (χ0) is 12.2. The van der Waals surface area contributed by atoms with Crippen LogP contribution in [0.3, 0.4) is 0 Å². The highest BCUT2D eigenvalue weighted by Crippen LogP contribution is 2.54. The average Bonchev–Trinajstić information content (AvgIpc) is 2.94. The van der Waals surface area contributed by atoms with Gasteiger partial charge in [0.1, 0.15) is 0 Å². The van der Waals surface area contributed by atoms with Gasteiger partial charge in [0.05, 0.1) is 5.92 Å². The Morgan fingerprint density at radius 2 is 2.06 bits per heavy atom. The predicted molar refractivity (Wildman–Crippen MR) is 65.2 cm³/mol. The van der Waals surface area contributed by atoms with Gasteiger partial charge in [-0.2, -0.15) is 0 Å². The molecule has 0 heterocycles. The van der Waals surface area contributed by atoms with Gasteiger partial charge in [-0.1, -0.05) is 26.7 Å². The Balaban J connectivity index is 2.31. The molecule has 1 aliphatic rings. The predicted octanol–water partition coefficient (Wildman–Crippen LogP) is 2.64. The van der Waals surface area contributed by atoms with Crippen LogP contribution in [0.25, 0.3) is 0 Å². The van der Waals surface area contributed by atoms with Crippen LogP contribution in [0, 0.1) is 17.3 Å². The van der Waals surface area contributed by atoms with Gasteiger partial charge >= 0.3 is 5.97 Å². The van der Waals surface area contributed by atoms with Crippen molar-refractivity contribution in [3.63, 3.8) is 0 Å². The number of carboxylic acids is 1. The summed E-state index contributed by atoms with van der Waals surface area (Å²) < 4.78 is 0. The van der Waals surface area contributed by atoms with Crippen LogP contribution in [-0.4, -0.2) is 17.6 Å². The number of hydrogen-bond acceptors (Lipinski definition) is 2. The van der Waals surface area contributed by atoms with Gasteiger partial charge in [0, 0.05) is 6.54 Å². The minimum absolute atomic E-state index is 0.279. The number of carbonyl (C=O) groups is 1. The van der Waals surface area contributed by atoms with Crippen molar-refractivity contribution in [2.24, 2.45) is 23.0 Å². The van der Waals surface area contributed by atoms with Crippen LogP contribution in [0.2, 0.25) is 0 Å². The number of carboxylic acid groups (broad SMARTS) is 1. The molecule has 0 aromatic heterocycles. The maximum absolute atomic E-state index is 10.9. The lowest BCUT2D eigenvalue weighted by molar-refractivity contribution is -0.142. The molecular weight excluding hydrogens is 202 g/mol. The molecule has 1 rings (SSSR count). The van der Waals surface area contributed by atoms with E-state index in [2.05, 4.69) is 13.8 Å². The van der Waals surface area contributed by atoms with Crippen LogP contribution in [0.15, 0.2) is 0 Å². The SMILES string of the molecule is CC(C)CCCC1(CC(CN)C(=O)O)CC1. The minimum Gasteiger partial charge on any atom is -0.481 e. The molecule has 16 heavy (non-hydrogen) atoms. The molecule has 0 amide bonds. The van der Waals surface area contributed by atoms with E-state index in [1.807, 2.05) is 0 Å². The molecule has 0 saturated heterocycles. The number of rotatable bonds is 8. The molecule has 94 valence electrons. The molecule has 0 aromatic carbocycles. The summed E-state index contributed by atoms with van der Waals surface area (Å²) >= 11 is 0. The van der Waals surface area contributed by atoms with Gasteiger partial charge in [-0.05, 0) is 37.0 Å². The summed E-state index contributed by atoms with van der Waals surface area (Å²) in [7, 11) is 0. The highest BCUT2D eigenvalue weighted by Gasteiger charge is 2.44. The molecular formula is C13H25NO2. The average molecular weight is 227 g/mol. The molecule has 1 unspecified atom stereocenters. The highest BCUT2D eigenvalue weighted by atomic mass is 16.4. The van der Waals surface area contributed by atoms with Crippen LogP contribution in [0.1, 0.15) is 52.4 Å². The van der Waals surface area contributed by atoms with Gasteiger partial charge < -0.3 is 10.8 Å². The maximum atomic E-state index is 10.9. The van der Waals surface area contributed by atoms with Gasteiger partial charge in [-0.3, -0.25) is 4.79 Å². The molecule has 0 bridgehead atoms. The lowest BCUT2D eigenvalue weighted by Crippen LogP contribution is -2.26. The summed E-state index contributed by atoms with van der Waals surface area (Å²) in [5.41, 5.74) is 5.84. The van der Waals surface area contributed by atoms with Crippen molar-refractivity contribution >= 4 is 5.97 Å². The Hall–Kier alpha value is -0.570. The van der Waals surface area contributed by atoms with E-state index >= 15 is 0 Å². The highest BCUT2D eigenvalue weighted by molar-refractivity contribution is 5.70. The van der Waals surface area contributed by atoms with Crippen molar-refractivity contribution in [1.29, 1.82) is 0 Å². The van der Waals surface area contributed by atoms with E-state index < -0.39 is 5.97 Å². The van der Waals surface area contributed by atoms with E-state index in [0.717, 1.165) is 12.3 Å². The topological polar surface area (TPSA) is 63.3 Å². The molecule has 0 radical (unpaired) electrons. The van der Waals surface area contributed by atoms with Crippen molar-refractivity contribution in [1.82, 2.24) is 0 Å². The van der Waals surface area contributed by atoms with Crippen molar-refractivity contribution < 1.29 is 9.90 Å². The fourth-order valence-electron chi connectivity index (χ4n) is 2.41. The first kappa shape index (κ1) is 13.5. The van der Waals surface area contributed by atoms with Crippen molar-refractivity contribution in [2.45, 2.75) is 52.4 Å². The second-order valence-electron chi connectivity index (χ2n) is 5.76. The molecule has 0 aromatic rings. The Morgan fingerprint density at radius 1 is 1.44 bits per heavy atom. The molecule has 1 saturated carbocycles. The molecule has 0 aliphatic heterocycles. The van der Waals surface area contributed by atoms with Crippen LogP contribution in [0.4, 0.5) is 0 Å². The minimum atomic E-state index is -0.724. The van der Waals surface area contributed by atoms with E-state index in [-0.39, 0.29) is 12.5 Å². The van der Waals surface area contributed by atoms with Crippen molar-refractivity contribution in [3.05, 3.63) is 0 Å². The Labute approximate surface area is 98.4 Å². The molecule has 1 fully saturated rings. The maximum Gasteiger partial charge on any atom is 0.307 e. The van der Waals surface area contributed by atoms with E-state index in [1.54, 1.807) is 0 Å². The van der Waals surface area contributed by atoms with Crippen LogP contribution >= 0.6 is 0 Å². The summed E-state index contributed by atoms with van der Waals surface area (Å²) in [4.78, 5) is 10.9. The Kier molecular flexibility index (Phi) is 4.78. The summed E-state index contributed by atoms with van der Waals surface area (Å²) in [5, 5.41) is 9.00. The third-order valence-electron chi connectivity index (χ3n) is 3.76. The zero-order valence-corrected chi connectivity index (χ0v) is 10.5. The zero-order valence-electron chi connectivity index (χ0n) is 10.5. The third-order valence-corrected chi connectivity index (χ3v) is 3.76. The van der Waals surface area contributed by atoms with Crippen molar-refractivity contribution in [2.75, 3.05) is 6.54 Å². The molecule has 3 nitrogen and oxygen atoms in total. The second-order valence-corrected chi connectivity index (χ2v) is 5.76. The number of hydrogen-bond donors (Lipinski definition) is 2. The molecule has 3 heteroatoms. The number of nitrogens with two attached hydrogens (primary N) is 1. The first-order chi connectivity index (χ1) is 7.49. The summed E-state index contributed by atoms with van der Waals surface area (Å²) in [6, 6.07) is 0. The third kappa shape index (κ3) is 4.12. The Morgan fingerprint density at radius 3 is 2.44 bits per heavy atom. The van der Waals surface area contributed by atoms with Crippen LogP contribution in [0.5, 0.6) is 0 Å². The van der Waals surface area contributed by atoms with Gasteiger partial charge in [-0.25, -0.2) is 0 Å². The summed E-state index contributed by atoms with van der Waals surface area (Å²) in [5.74, 6) is -0.306. The molecule has 1 atom stereocenters. The fourth-order valence-corrected chi connectivity index (χ4v) is 2.41. The second kappa shape index (κ2) is 5.67. The van der Waals surface area contributed by atoms with Gasteiger partial charge in [0.2, 0.25) is 0 Å². The monoisotopic (exact) mass is 227 g/mol. The van der Waals surface area contributed by atoms with Crippen LogP contribution in [-0.2, 0) is 4.79 Å². The molecule has 1 aliphatic carbocycles.